The fourth-order valence-electron chi connectivity index (χ4n) is 3.79. The Morgan fingerprint density at radius 2 is 1.92 bits per heavy atom. The Kier molecular flexibility index (Phi) is 4.23. The highest BCUT2D eigenvalue weighted by molar-refractivity contribution is 6.31. The number of hydrogen-bond donors (Lipinski definition) is 1. The smallest absolute Gasteiger partial charge is 0.223 e. The summed E-state index contributed by atoms with van der Waals surface area (Å²) in [6.45, 7) is 0. The van der Waals surface area contributed by atoms with Crippen LogP contribution in [0.2, 0.25) is 5.02 Å². The number of aromatic nitrogens is 2. The van der Waals surface area contributed by atoms with Crippen molar-refractivity contribution in [3.63, 3.8) is 0 Å². The summed E-state index contributed by atoms with van der Waals surface area (Å²) in [7, 11) is 0. The summed E-state index contributed by atoms with van der Waals surface area (Å²) in [5.74, 6) is 0.842. The Hall–Kier alpha value is -1.94. The number of carbonyl (C=O) groups is 1. The Bertz CT molecular complexity index is 771. The Labute approximate surface area is 146 Å². The Morgan fingerprint density at radius 1 is 1.12 bits per heavy atom. The van der Waals surface area contributed by atoms with Crippen LogP contribution >= 0.6 is 11.6 Å². The van der Waals surface area contributed by atoms with E-state index in [1.165, 1.54) is 25.7 Å². The average molecular weight is 342 g/mol. The van der Waals surface area contributed by atoms with E-state index in [1.54, 1.807) is 6.20 Å². The van der Waals surface area contributed by atoms with Gasteiger partial charge in [-0.1, -0.05) is 42.6 Å². The van der Waals surface area contributed by atoms with Gasteiger partial charge in [-0.2, -0.15) is 0 Å². The fourth-order valence-corrected chi connectivity index (χ4v) is 4.08. The van der Waals surface area contributed by atoms with Crippen molar-refractivity contribution in [3.05, 3.63) is 52.3 Å². The number of carbonyl (C=O) groups excluding carboxylic acids is 1. The largest absolute Gasteiger partial charge is 0.351 e. The zero-order valence-electron chi connectivity index (χ0n) is 13.5. The number of halogens is 1. The molecule has 1 aromatic heterocycles. The molecule has 1 saturated carbocycles. The third-order valence-electron chi connectivity index (χ3n) is 5.07. The molecule has 0 amide bonds. The Balaban J connectivity index is 1.60. The van der Waals surface area contributed by atoms with Crippen molar-refractivity contribution >= 4 is 23.3 Å². The van der Waals surface area contributed by atoms with E-state index < -0.39 is 0 Å². The van der Waals surface area contributed by atoms with Crippen LogP contribution in [0.15, 0.2) is 30.5 Å². The Morgan fingerprint density at radius 3 is 2.71 bits per heavy atom. The molecule has 4 nitrogen and oxygen atoms in total. The standard InChI is InChI=1S/C19H20ClN3O/c20-16-8-4-3-7-14(16)12-9-17-15(18(24)10-12)11-21-19(23-17)22-13-5-1-2-6-13/h3-4,7-8,11-13H,1-2,5-6,9-10H2,(H,21,22,23). The van der Waals surface area contributed by atoms with Gasteiger partial charge in [0.15, 0.2) is 5.78 Å². The lowest BCUT2D eigenvalue weighted by Gasteiger charge is -2.24. The number of nitrogens with one attached hydrogen (secondary N) is 1. The highest BCUT2D eigenvalue weighted by Gasteiger charge is 2.29. The number of anilines is 1. The predicted octanol–water partition coefficient (Wildman–Crippen LogP) is 4.40. The second kappa shape index (κ2) is 6.52. The van der Waals surface area contributed by atoms with Crippen molar-refractivity contribution < 1.29 is 4.79 Å². The van der Waals surface area contributed by atoms with Gasteiger partial charge in [-0.15, -0.1) is 0 Å². The summed E-state index contributed by atoms with van der Waals surface area (Å²) in [6, 6.07) is 8.22. The number of rotatable bonds is 3. The second-order valence-electron chi connectivity index (χ2n) is 6.73. The van der Waals surface area contributed by atoms with Crippen molar-refractivity contribution in [1.82, 2.24) is 9.97 Å². The van der Waals surface area contributed by atoms with Crippen LogP contribution in [0.1, 0.15) is 59.6 Å². The van der Waals surface area contributed by atoms with Crippen LogP contribution in [0.3, 0.4) is 0 Å². The van der Waals surface area contributed by atoms with E-state index in [1.807, 2.05) is 24.3 Å². The lowest BCUT2D eigenvalue weighted by Crippen LogP contribution is -2.23. The maximum Gasteiger partial charge on any atom is 0.223 e. The molecule has 124 valence electrons. The summed E-state index contributed by atoms with van der Waals surface area (Å²) >= 11 is 6.32. The number of fused-ring (bicyclic) bond motifs is 1. The van der Waals surface area contributed by atoms with Gasteiger partial charge >= 0.3 is 0 Å². The summed E-state index contributed by atoms with van der Waals surface area (Å²) < 4.78 is 0. The molecule has 1 N–H and O–H groups in total. The normalized spacial score (nSPS) is 20.9. The van der Waals surface area contributed by atoms with Gasteiger partial charge in [-0.05, 0) is 36.8 Å². The molecular weight excluding hydrogens is 322 g/mol. The highest BCUT2D eigenvalue weighted by Crippen LogP contribution is 2.35. The van der Waals surface area contributed by atoms with E-state index in [4.69, 9.17) is 11.6 Å². The van der Waals surface area contributed by atoms with E-state index in [9.17, 15) is 4.79 Å². The lowest BCUT2D eigenvalue weighted by atomic mass is 9.82. The highest BCUT2D eigenvalue weighted by atomic mass is 35.5. The zero-order valence-corrected chi connectivity index (χ0v) is 14.2. The molecule has 0 spiro atoms. The van der Waals surface area contributed by atoms with Crippen LogP contribution in [0.5, 0.6) is 0 Å². The summed E-state index contributed by atoms with van der Waals surface area (Å²) in [5.41, 5.74) is 2.53. The molecule has 0 radical (unpaired) electrons. The average Bonchev–Trinajstić information content (AvgIpc) is 3.08. The molecule has 5 heteroatoms. The minimum atomic E-state index is 0.0907. The first-order valence-electron chi connectivity index (χ1n) is 8.61. The molecule has 1 unspecified atom stereocenters. The molecule has 2 aliphatic carbocycles. The molecule has 24 heavy (non-hydrogen) atoms. The molecular formula is C19H20ClN3O. The molecule has 0 saturated heterocycles. The van der Waals surface area contributed by atoms with Crippen molar-refractivity contribution in [2.75, 3.05) is 5.32 Å². The molecule has 0 bridgehead atoms. The zero-order chi connectivity index (χ0) is 16.5. The van der Waals surface area contributed by atoms with Crippen molar-refractivity contribution in [2.45, 2.75) is 50.5 Å². The number of nitrogens with zero attached hydrogens (tertiary/aromatic N) is 2. The van der Waals surface area contributed by atoms with E-state index in [2.05, 4.69) is 15.3 Å². The van der Waals surface area contributed by atoms with Crippen molar-refractivity contribution in [3.8, 4) is 0 Å². The van der Waals surface area contributed by atoms with E-state index in [-0.39, 0.29) is 11.7 Å². The minimum Gasteiger partial charge on any atom is -0.351 e. The molecule has 1 aromatic carbocycles. The summed E-state index contributed by atoms with van der Waals surface area (Å²) in [5, 5.41) is 4.13. The number of ketones is 1. The first-order chi connectivity index (χ1) is 11.7. The van der Waals surface area contributed by atoms with Crippen molar-refractivity contribution in [2.24, 2.45) is 0 Å². The minimum absolute atomic E-state index is 0.0907. The van der Waals surface area contributed by atoms with Gasteiger partial charge in [0.05, 0.1) is 11.3 Å². The predicted molar refractivity (Wildman–Crippen MR) is 94.8 cm³/mol. The molecule has 1 fully saturated rings. The number of Topliss-reactive ketones (excluding diaryl/α,β-unsaturated/α-hetero) is 1. The van der Waals surface area contributed by atoms with E-state index in [0.29, 0.717) is 24.0 Å². The van der Waals surface area contributed by atoms with Gasteiger partial charge < -0.3 is 5.32 Å². The third-order valence-corrected chi connectivity index (χ3v) is 5.42. The number of benzene rings is 1. The van der Waals surface area contributed by atoms with Crippen LogP contribution in [-0.4, -0.2) is 21.8 Å². The van der Waals surface area contributed by atoms with Gasteiger partial charge in [-0.3, -0.25) is 4.79 Å². The molecule has 2 aromatic rings. The van der Waals surface area contributed by atoms with E-state index >= 15 is 0 Å². The van der Waals surface area contributed by atoms with Crippen molar-refractivity contribution in [1.29, 1.82) is 0 Å². The molecule has 2 aliphatic rings. The van der Waals surface area contributed by atoms with Gasteiger partial charge in [0.1, 0.15) is 0 Å². The number of hydrogen-bond acceptors (Lipinski definition) is 4. The summed E-state index contributed by atoms with van der Waals surface area (Å²) in [4.78, 5) is 21.5. The second-order valence-corrected chi connectivity index (χ2v) is 7.14. The molecule has 0 aliphatic heterocycles. The van der Waals surface area contributed by atoms with Gasteiger partial charge in [0, 0.05) is 23.7 Å². The first kappa shape index (κ1) is 15.6. The SMILES string of the molecule is O=C1CC(c2ccccc2Cl)Cc2nc(NC3CCCC3)ncc21. The molecule has 1 atom stereocenters. The van der Waals surface area contributed by atoms with Crippen LogP contribution in [0, 0.1) is 0 Å². The van der Waals surface area contributed by atoms with E-state index in [0.717, 1.165) is 22.7 Å². The maximum atomic E-state index is 12.5. The van der Waals surface area contributed by atoms with Crippen LogP contribution in [-0.2, 0) is 6.42 Å². The molecule has 1 heterocycles. The first-order valence-corrected chi connectivity index (χ1v) is 8.98. The topological polar surface area (TPSA) is 54.9 Å². The van der Waals surface area contributed by atoms with Gasteiger partial charge in [-0.25, -0.2) is 9.97 Å². The molecule has 4 rings (SSSR count). The van der Waals surface area contributed by atoms with Crippen LogP contribution in [0.4, 0.5) is 5.95 Å². The monoisotopic (exact) mass is 341 g/mol. The maximum absolute atomic E-state index is 12.5. The van der Waals surface area contributed by atoms with Gasteiger partial charge in [0.25, 0.3) is 0 Å². The van der Waals surface area contributed by atoms with Crippen LogP contribution in [0.25, 0.3) is 0 Å². The van der Waals surface area contributed by atoms with Gasteiger partial charge in [0.2, 0.25) is 5.95 Å². The lowest BCUT2D eigenvalue weighted by molar-refractivity contribution is 0.0963. The van der Waals surface area contributed by atoms with Crippen LogP contribution < -0.4 is 5.32 Å². The third kappa shape index (κ3) is 3.03. The fraction of sp³-hybridized carbons (Fsp3) is 0.421. The quantitative estimate of drug-likeness (QED) is 0.899. The summed E-state index contributed by atoms with van der Waals surface area (Å²) in [6.07, 6.45) is 7.74.